The lowest BCUT2D eigenvalue weighted by molar-refractivity contribution is 0.0414. The maximum absolute atomic E-state index is 12.2. The summed E-state index contributed by atoms with van der Waals surface area (Å²) in [6.45, 7) is 4.43. The zero-order chi connectivity index (χ0) is 12.1. The normalized spacial score (nSPS) is 12.8. The van der Waals surface area contributed by atoms with E-state index in [0.717, 1.165) is 6.42 Å². The van der Waals surface area contributed by atoms with Gasteiger partial charge in [0.2, 0.25) is 5.78 Å². The van der Waals surface area contributed by atoms with Gasteiger partial charge in [-0.05, 0) is 29.3 Å². The molecule has 16 heavy (non-hydrogen) atoms. The van der Waals surface area contributed by atoms with Crippen molar-refractivity contribution >= 4 is 21.7 Å². The van der Waals surface area contributed by atoms with Crippen LogP contribution in [-0.2, 0) is 11.8 Å². The topological polar surface area (TPSA) is 57.0 Å². The maximum atomic E-state index is 12.2. The maximum Gasteiger partial charge on any atom is 0.212 e. The van der Waals surface area contributed by atoms with Gasteiger partial charge in [0, 0.05) is 13.7 Å². The van der Waals surface area contributed by atoms with Crippen molar-refractivity contribution in [1.82, 2.24) is 15.0 Å². The molecule has 0 aromatic carbocycles. The number of nitrogens with zero attached hydrogens (tertiary/aromatic N) is 3. The second-order valence-electron chi connectivity index (χ2n) is 3.45. The molecule has 0 aliphatic carbocycles. The van der Waals surface area contributed by atoms with Gasteiger partial charge in [-0.1, -0.05) is 18.6 Å². The van der Waals surface area contributed by atoms with E-state index in [1.165, 1.54) is 4.68 Å². The van der Waals surface area contributed by atoms with Crippen LogP contribution in [0.2, 0.25) is 0 Å². The molecule has 6 heteroatoms. The van der Waals surface area contributed by atoms with E-state index in [-0.39, 0.29) is 5.78 Å². The SMILES string of the molecule is CCCC(OCC)C(=O)c1c(Br)nnn1C. The standard InChI is InChI=1S/C10H16BrN3O2/c1-4-6-7(16-5-2)9(15)8-10(11)12-13-14(8)3/h7H,4-6H2,1-3H3. The van der Waals surface area contributed by atoms with Crippen molar-refractivity contribution in [2.45, 2.75) is 32.8 Å². The Morgan fingerprint density at radius 3 is 2.69 bits per heavy atom. The van der Waals surface area contributed by atoms with Crippen molar-refractivity contribution in [3.8, 4) is 0 Å². The molecule has 0 aliphatic rings. The van der Waals surface area contributed by atoms with Gasteiger partial charge in [-0.3, -0.25) is 4.79 Å². The number of aromatic nitrogens is 3. The first-order chi connectivity index (χ1) is 7.61. The van der Waals surface area contributed by atoms with Crippen LogP contribution in [0.3, 0.4) is 0 Å². The van der Waals surface area contributed by atoms with Gasteiger partial charge in [0.25, 0.3) is 0 Å². The summed E-state index contributed by atoms with van der Waals surface area (Å²) >= 11 is 3.22. The lowest BCUT2D eigenvalue weighted by atomic mass is 10.1. The van der Waals surface area contributed by atoms with Gasteiger partial charge in [0.05, 0.1) is 0 Å². The van der Waals surface area contributed by atoms with E-state index in [2.05, 4.69) is 26.2 Å². The van der Waals surface area contributed by atoms with Gasteiger partial charge in [-0.2, -0.15) is 0 Å². The molecule has 5 nitrogen and oxygen atoms in total. The fraction of sp³-hybridized carbons (Fsp3) is 0.700. The molecule has 0 amide bonds. The van der Waals surface area contributed by atoms with E-state index in [1.54, 1.807) is 7.05 Å². The second kappa shape index (κ2) is 6.10. The molecule has 0 N–H and O–H groups in total. The van der Waals surface area contributed by atoms with Crippen LogP contribution in [-0.4, -0.2) is 33.5 Å². The van der Waals surface area contributed by atoms with Crippen molar-refractivity contribution < 1.29 is 9.53 Å². The Balaban J connectivity index is 2.89. The van der Waals surface area contributed by atoms with Gasteiger partial charge in [0.15, 0.2) is 4.60 Å². The summed E-state index contributed by atoms with van der Waals surface area (Å²) in [5, 5.41) is 7.58. The minimum absolute atomic E-state index is 0.0666. The first kappa shape index (κ1) is 13.3. The summed E-state index contributed by atoms with van der Waals surface area (Å²) in [6.07, 6.45) is 1.22. The average molecular weight is 290 g/mol. The van der Waals surface area contributed by atoms with E-state index in [1.807, 2.05) is 13.8 Å². The van der Waals surface area contributed by atoms with E-state index >= 15 is 0 Å². The van der Waals surface area contributed by atoms with Crippen molar-refractivity contribution in [1.29, 1.82) is 0 Å². The summed E-state index contributed by atoms with van der Waals surface area (Å²) in [7, 11) is 1.69. The molecule has 1 heterocycles. The zero-order valence-corrected chi connectivity index (χ0v) is 11.3. The summed E-state index contributed by atoms with van der Waals surface area (Å²) in [5.74, 6) is -0.0666. The molecule has 0 fully saturated rings. The highest BCUT2D eigenvalue weighted by Crippen LogP contribution is 2.17. The van der Waals surface area contributed by atoms with Crippen LogP contribution in [0.25, 0.3) is 0 Å². The predicted octanol–water partition coefficient (Wildman–Crippen LogP) is 1.97. The smallest absolute Gasteiger partial charge is 0.212 e. The summed E-state index contributed by atoms with van der Waals surface area (Å²) in [4.78, 5) is 12.2. The molecule has 1 unspecified atom stereocenters. The Labute approximate surface area is 103 Å². The predicted molar refractivity (Wildman–Crippen MR) is 63.4 cm³/mol. The highest BCUT2D eigenvalue weighted by atomic mass is 79.9. The molecular formula is C10H16BrN3O2. The van der Waals surface area contributed by atoms with Crippen LogP contribution in [0.1, 0.15) is 37.2 Å². The molecule has 1 rings (SSSR count). The number of ketones is 1. The molecule has 1 aromatic rings. The molecule has 0 radical (unpaired) electrons. The quantitative estimate of drug-likeness (QED) is 0.752. The number of carbonyl (C=O) groups is 1. The van der Waals surface area contributed by atoms with Crippen LogP contribution in [0.5, 0.6) is 0 Å². The number of Topliss-reactive ketones (excluding diaryl/α,β-unsaturated/α-hetero) is 1. The fourth-order valence-corrected chi connectivity index (χ4v) is 2.02. The molecule has 0 spiro atoms. The van der Waals surface area contributed by atoms with E-state index in [0.29, 0.717) is 23.3 Å². The Bertz CT molecular complexity index is 339. The third kappa shape index (κ3) is 2.89. The first-order valence-corrected chi connectivity index (χ1v) is 6.12. The molecule has 0 saturated carbocycles. The van der Waals surface area contributed by atoms with Crippen molar-refractivity contribution in [2.24, 2.45) is 7.05 Å². The van der Waals surface area contributed by atoms with Crippen LogP contribution >= 0.6 is 15.9 Å². The molecule has 90 valence electrons. The first-order valence-electron chi connectivity index (χ1n) is 5.32. The highest BCUT2D eigenvalue weighted by Gasteiger charge is 2.25. The van der Waals surface area contributed by atoms with Gasteiger partial charge in [-0.25, -0.2) is 4.68 Å². The Morgan fingerprint density at radius 1 is 1.56 bits per heavy atom. The summed E-state index contributed by atoms with van der Waals surface area (Å²) in [6, 6.07) is 0. The molecular weight excluding hydrogens is 274 g/mol. The number of hydrogen-bond acceptors (Lipinski definition) is 4. The molecule has 0 saturated heterocycles. The van der Waals surface area contributed by atoms with Crippen molar-refractivity contribution in [3.63, 3.8) is 0 Å². The van der Waals surface area contributed by atoms with Crippen molar-refractivity contribution in [2.75, 3.05) is 6.61 Å². The number of hydrogen-bond donors (Lipinski definition) is 0. The number of rotatable bonds is 6. The number of aryl methyl sites for hydroxylation is 1. The molecule has 0 bridgehead atoms. The van der Waals surface area contributed by atoms with Crippen molar-refractivity contribution in [3.05, 3.63) is 10.3 Å². The van der Waals surface area contributed by atoms with Gasteiger partial charge < -0.3 is 4.74 Å². The van der Waals surface area contributed by atoms with Crippen LogP contribution in [0.15, 0.2) is 4.60 Å². The lowest BCUT2D eigenvalue weighted by Gasteiger charge is -2.14. The largest absolute Gasteiger partial charge is 0.370 e. The summed E-state index contributed by atoms with van der Waals surface area (Å²) < 4.78 is 7.38. The highest BCUT2D eigenvalue weighted by molar-refractivity contribution is 9.10. The minimum Gasteiger partial charge on any atom is -0.370 e. The average Bonchev–Trinajstić information content (AvgIpc) is 2.57. The zero-order valence-electron chi connectivity index (χ0n) is 9.73. The minimum atomic E-state index is -0.400. The molecule has 0 aliphatic heterocycles. The van der Waals surface area contributed by atoms with E-state index in [4.69, 9.17) is 4.74 Å². The Kier molecular flexibility index (Phi) is 5.08. The third-order valence-corrected chi connectivity index (χ3v) is 2.76. The fourth-order valence-electron chi connectivity index (χ4n) is 1.50. The summed E-state index contributed by atoms with van der Waals surface area (Å²) in [5.41, 5.74) is 0.465. The Hall–Kier alpha value is -0.750. The number of ether oxygens (including phenoxy) is 1. The van der Waals surface area contributed by atoms with Gasteiger partial charge in [0.1, 0.15) is 11.8 Å². The van der Waals surface area contributed by atoms with Gasteiger partial charge >= 0.3 is 0 Å². The van der Waals surface area contributed by atoms with Crippen LogP contribution in [0, 0.1) is 0 Å². The molecule has 1 atom stereocenters. The number of halogens is 1. The third-order valence-electron chi connectivity index (χ3n) is 2.23. The molecule has 1 aromatic heterocycles. The second-order valence-corrected chi connectivity index (χ2v) is 4.20. The monoisotopic (exact) mass is 289 g/mol. The van der Waals surface area contributed by atoms with E-state index in [9.17, 15) is 4.79 Å². The van der Waals surface area contributed by atoms with Crippen LogP contribution in [0.4, 0.5) is 0 Å². The van der Waals surface area contributed by atoms with Gasteiger partial charge in [-0.15, -0.1) is 5.10 Å². The Morgan fingerprint density at radius 2 is 2.25 bits per heavy atom. The van der Waals surface area contributed by atoms with E-state index < -0.39 is 6.10 Å². The lowest BCUT2D eigenvalue weighted by Crippen LogP contribution is -2.26. The number of carbonyl (C=O) groups excluding carboxylic acids is 1. The van der Waals surface area contributed by atoms with Crippen LogP contribution < -0.4 is 0 Å².